The normalized spacial score (nSPS) is 22.1. The molecule has 2 aliphatic carbocycles. The fourth-order valence-electron chi connectivity index (χ4n) is 2.45. The van der Waals surface area contributed by atoms with E-state index in [-0.39, 0.29) is 0 Å². The summed E-state index contributed by atoms with van der Waals surface area (Å²) in [7, 11) is 0. The van der Waals surface area contributed by atoms with Gasteiger partial charge in [0.15, 0.2) is 0 Å². The lowest BCUT2D eigenvalue weighted by molar-refractivity contribution is 0.533. The van der Waals surface area contributed by atoms with Gasteiger partial charge < -0.3 is 5.32 Å². The Kier molecular flexibility index (Phi) is 2.72. The average molecular weight is 215 g/mol. The molecular formula is C15H21N. The number of nitrogens with one attached hydrogen (secondary N) is 1. The maximum Gasteiger partial charge on any atom is 0.00684 e. The molecule has 86 valence electrons. The lowest BCUT2D eigenvalue weighted by atomic mass is 9.93. The summed E-state index contributed by atoms with van der Waals surface area (Å²) < 4.78 is 0. The van der Waals surface area contributed by atoms with E-state index in [1.54, 1.807) is 5.56 Å². The van der Waals surface area contributed by atoms with E-state index in [1.807, 2.05) is 0 Å². The van der Waals surface area contributed by atoms with E-state index in [4.69, 9.17) is 0 Å². The first-order chi connectivity index (χ1) is 7.83. The number of benzene rings is 1. The van der Waals surface area contributed by atoms with Crippen LogP contribution < -0.4 is 5.32 Å². The van der Waals surface area contributed by atoms with Crippen LogP contribution in [-0.2, 0) is 0 Å². The fraction of sp³-hybridized carbons (Fsp3) is 0.600. The Hall–Kier alpha value is -0.820. The van der Waals surface area contributed by atoms with E-state index >= 15 is 0 Å². The van der Waals surface area contributed by atoms with E-state index in [0.717, 1.165) is 17.9 Å². The first-order valence-corrected chi connectivity index (χ1v) is 6.63. The number of hydrogen-bond acceptors (Lipinski definition) is 1. The summed E-state index contributed by atoms with van der Waals surface area (Å²) in [6.45, 7) is 3.36. The minimum atomic E-state index is 0.765. The van der Waals surface area contributed by atoms with Crippen molar-refractivity contribution >= 4 is 0 Å². The molecule has 2 fully saturated rings. The first-order valence-electron chi connectivity index (χ1n) is 6.63. The van der Waals surface area contributed by atoms with Gasteiger partial charge in [0.05, 0.1) is 0 Å². The highest BCUT2D eigenvalue weighted by Gasteiger charge is 2.33. The van der Waals surface area contributed by atoms with Gasteiger partial charge in [0.2, 0.25) is 0 Å². The molecule has 0 heterocycles. The highest BCUT2D eigenvalue weighted by molar-refractivity contribution is 5.26. The highest BCUT2D eigenvalue weighted by atomic mass is 14.9. The number of aryl methyl sites for hydroxylation is 1. The van der Waals surface area contributed by atoms with E-state index in [1.165, 1.54) is 37.8 Å². The fourth-order valence-corrected chi connectivity index (χ4v) is 2.45. The highest BCUT2D eigenvalue weighted by Crippen LogP contribution is 2.42. The Morgan fingerprint density at radius 3 is 2.38 bits per heavy atom. The van der Waals surface area contributed by atoms with Gasteiger partial charge in [-0.2, -0.15) is 0 Å². The molecule has 1 heteroatoms. The molecule has 0 aromatic heterocycles. The van der Waals surface area contributed by atoms with Gasteiger partial charge in [0, 0.05) is 12.6 Å². The van der Waals surface area contributed by atoms with Gasteiger partial charge in [-0.05, 0) is 50.0 Å². The Morgan fingerprint density at radius 1 is 1.12 bits per heavy atom. The van der Waals surface area contributed by atoms with E-state index < -0.39 is 0 Å². The monoisotopic (exact) mass is 215 g/mol. The molecule has 1 unspecified atom stereocenters. The van der Waals surface area contributed by atoms with Crippen LogP contribution in [0.4, 0.5) is 0 Å². The predicted octanol–water partition coefficient (Wildman–Crippen LogP) is 3.24. The van der Waals surface area contributed by atoms with Crippen molar-refractivity contribution in [1.82, 2.24) is 5.32 Å². The molecule has 3 rings (SSSR count). The summed E-state index contributed by atoms with van der Waals surface area (Å²) >= 11 is 0. The van der Waals surface area contributed by atoms with Crippen molar-refractivity contribution in [2.45, 2.75) is 44.6 Å². The molecule has 1 aromatic carbocycles. The van der Waals surface area contributed by atoms with Crippen LogP contribution in [0.15, 0.2) is 24.3 Å². The minimum Gasteiger partial charge on any atom is -0.313 e. The van der Waals surface area contributed by atoms with Crippen molar-refractivity contribution < 1.29 is 0 Å². The third-order valence-corrected chi connectivity index (χ3v) is 3.90. The molecule has 1 aromatic rings. The molecule has 0 amide bonds. The van der Waals surface area contributed by atoms with Gasteiger partial charge in [-0.1, -0.05) is 29.8 Å². The molecular weight excluding hydrogens is 194 g/mol. The van der Waals surface area contributed by atoms with Crippen LogP contribution >= 0.6 is 0 Å². The summed E-state index contributed by atoms with van der Waals surface area (Å²) in [5.41, 5.74) is 2.91. The van der Waals surface area contributed by atoms with Crippen LogP contribution in [0.2, 0.25) is 0 Å². The molecule has 1 nitrogen and oxygen atoms in total. The second-order valence-electron chi connectivity index (χ2n) is 5.54. The Balaban J connectivity index is 1.68. The zero-order valence-electron chi connectivity index (χ0n) is 10.1. The second-order valence-corrected chi connectivity index (χ2v) is 5.54. The van der Waals surface area contributed by atoms with E-state index in [9.17, 15) is 0 Å². The standard InChI is InChI=1S/C15H21N/c1-11-2-4-12(5-3-11)15(13-6-7-13)10-16-14-8-9-14/h2-5,13-16H,6-10H2,1H3. The summed E-state index contributed by atoms with van der Waals surface area (Å²) in [6.07, 6.45) is 5.66. The zero-order chi connectivity index (χ0) is 11.0. The zero-order valence-corrected chi connectivity index (χ0v) is 10.1. The van der Waals surface area contributed by atoms with Crippen LogP contribution in [0.25, 0.3) is 0 Å². The summed E-state index contributed by atoms with van der Waals surface area (Å²) in [5.74, 6) is 1.72. The topological polar surface area (TPSA) is 12.0 Å². The van der Waals surface area contributed by atoms with Crippen LogP contribution in [0.3, 0.4) is 0 Å². The van der Waals surface area contributed by atoms with Crippen LogP contribution in [0.5, 0.6) is 0 Å². The minimum absolute atomic E-state index is 0.765. The van der Waals surface area contributed by atoms with Crippen molar-refractivity contribution in [2.24, 2.45) is 5.92 Å². The first kappa shape index (κ1) is 10.3. The smallest absolute Gasteiger partial charge is 0.00684 e. The van der Waals surface area contributed by atoms with Gasteiger partial charge in [0.1, 0.15) is 0 Å². The third kappa shape index (κ3) is 2.46. The van der Waals surface area contributed by atoms with Crippen molar-refractivity contribution in [3.8, 4) is 0 Å². The van der Waals surface area contributed by atoms with Crippen LogP contribution in [0, 0.1) is 12.8 Å². The van der Waals surface area contributed by atoms with Crippen molar-refractivity contribution in [1.29, 1.82) is 0 Å². The van der Waals surface area contributed by atoms with Gasteiger partial charge in [-0.15, -0.1) is 0 Å². The van der Waals surface area contributed by atoms with Gasteiger partial charge in [0.25, 0.3) is 0 Å². The van der Waals surface area contributed by atoms with Crippen molar-refractivity contribution in [3.63, 3.8) is 0 Å². The van der Waals surface area contributed by atoms with Crippen molar-refractivity contribution in [3.05, 3.63) is 35.4 Å². The summed E-state index contributed by atoms with van der Waals surface area (Å²) in [4.78, 5) is 0. The average Bonchev–Trinajstić information content (AvgIpc) is 3.15. The Morgan fingerprint density at radius 2 is 1.81 bits per heavy atom. The lowest BCUT2D eigenvalue weighted by Crippen LogP contribution is -2.24. The summed E-state index contributed by atoms with van der Waals surface area (Å²) in [6, 6.07) is 10.00. The maximum atomic E-state index is 3.69. The quantitative estimate of drug-likeness (QED) is 0.795. The second kappa shape index (κ2) is 4.21. The largest absolute Gasteiger partial charge is 0.313 e. The molecule has 2 saturated carbocycles. The molecule has 0 radical (unpaired) electrons. The SMILES string of the molecule is Cc1ccc(C(CNC2CC2)C2CC2)cc1. The maximum absolute atomic E-state index is 3.69. The summed E-state index contributed by atoms with van der Waals surface area (Å²) in [5, 5.41) is 3.69. The molecule has 0 bridgehead atoms. The predicted molar refractivity (Wildman–Crippen MR) is 67.7 cm³/mol. The molecule has 1 N–H and O–H groups in total. The van der Waals surface area contributed by atoms with Crippen LogP contribution in [0.1, 0.15) is 42.7 Å². The number of hydrogen-bond donors (Lipinski definition) is 1. The van der Waals surface area contributed by atoms with Gasteiger partial charge in [-0.3, -0.25) is 0 Å². The van der Waals surface area contributed by atoms with Crippen molar-refractivity contribution in [2.75, 3.05) is 6.54 Å². The molecule has 0 saturated heterocycles. The molecule has 16 heavy (non-hydrogen) atoms. The van der Waals surface area contributed by atoms with E-state index in [0.29, 0.717) is 0 Å². The molecule has 1 atom stereocenters. The van der Waals surface area contributed by atoms with Gasteiger partial charge in [-0.25, -0.2) is 0 Å². The third-order valence-electron chi connectivity index (χ3n) is 3.90. The Bertz CT molecular complexity index is 346. The van der Waals surface area contributed by atoms with E-state index in [2.05, 4.69) is 36.5 Å². The molecule has 2 aliphatic rings. The lowest BCUT2D eigenvalue weighted by Gasteiger charge is -2.17. The molecule has 0 spiro atoms. The van der Waals surface area contributed by atoms with Crippen LogP contribution in [-0.4, -0.2) is 12.6 Å². The van der Waals surface area contributed by atoms with Gasteiger partial charge >= 0.3 is 0 Å². The number of rotatable bonds is 5. The molecule has 0 aliphatic heterocycles. The Labute approximate surface area is 98.3 Å².